The van der Waals surface area contributed by atoms with Crippen LogP contribution in [-0.4, -0.2) is 37.6 Å². The van der Waals surface area contributed by atoms with Crippen molar-refractivity contribution < 1.29 is 22.7 Å². The highest BCUT2D eigenvalue weighted by Crippen LogP contribution is 2.36. The van der Waals surface area contributed by atoms with Crippen LogP contribution in [0.15, 0.2) is 77.7 Å². The molecule has 6 nitrogen and oxygen atoms in total. The van der Waals surface area contributed by atoms with Gasteiger partial charge in [0.2, 0.25) is 10.0 Å². The number of Topliss-reactive ketones (excluding diaryl/α,β-unsaturated/α-hetero) is 1. The van der Waals surface area contributed by atoms with Crippen molar-refractivity contribution in [1.29, 1.82) is 0 Å². The highest BCUT2D eigenvalue weighted by atomic mass is 35.5. The van der Waals surface area contributed by atoms with Crippen molar-refractivity contribution in [1.82, 2.24) is 4.31 Å². The summed E-state index contributed by atoms with van der Waals surface area (Å²) in [6, 6.07) is 19.8. The van der Waals surface area contributed by atoms with E-state index in [1.54, 1.807) is 42.5 Å². The average molecular weight is 498 g/mol. The van der Waals surface area contributed by atoms with Crippen LogP contribution < -0.4 is 0 Å². The smallest absolute Gasteiger partial charge is 0.308 e. The lowest BCUT2D eigenvalue weighted by Gasteiger charge is -2.36. The zero-order chi connectivity index (χ0) is 24.3. The van der Waals surface area contributed by atoms with Crippen LogP contribution >= 0.6 is 11.6 Å². The number of carbonyl (C=O) groups is 2. The summed E-state index contributed by atoms with van der Waals surface area (Å²) in [6.45, 7) is 1.68. The molecule has 0 aliphatic carbocycles. The van der Waals surface area contributed by atoms with Crippen LogP contribution in [-0.2, 0) is 26.0 Å². The Morgan fingerprint density at radius 2 is 1.76 bits per heavy atom. The molecule has 0 N–H and O–H groups in total. The maximum Gasteiger partial charge on any atom is 0.308 e. The minimum Gasteiger partial charge on any atom is -0.457 e. The standard InChI is InChI=1S/C26H24ClNO5S/c1-18-9-11-22(12-10-18)34(31,32)28-14-13-19-5-2-3-8-23(19)24(28)16-26(30)33-17-25(29)20-6-4-7-21(27)15-20/h2-12,15,24H,13-14,16-17H2,1H3. The molecule has 1 unspecified atom stereocenters. The van der Waals surface area contributed by atoms with E-state index in [4.69, 9.17) is 16.3 Å². The number of ether oxygens (including phenoxy) is 1. The average Bonchev–Trinajstić information content (AvgIpc) is 2.83. The molecule has 0 spiro atoms. The molecule has 0 amide bonds. The number of hydrogen-bond acceptors (Lipinski definition) is 5. The van der Waals surface area contributed by atoms with Gasteiger partial charge in [-0.05, 0) is 48.7 Å². The van der Waals surface area contributed by atoms with Crippen molar-refractivity contribution in [2.75, 3.05) is 13.2 Å². The number of benzene rings is 3. The number of esters is 1. The molecular weight excluding hydrogens is 474 g/mol. The number of hydrogen-bond donors (Lipinski definition) is 0. The fraction of sp³-hybridized carbons (Fsp3) is 0.231. The van der Waals surface area contributed by atoms with Crippen LogP contribution in [0.2, 0.25) is 5.02 Å². The highest BCUT2D eigenvalue weighted by molar-refractivity contribution is 7.89. The zero-order valence-electron chi connectivity index (χ0n) is 18.6. The lowest BCUT2D eigenvalue weighted by molar-refractivity contribution is -0.143. The number of ketones is 1. The number of sulfonamides is 1. The van der Waals surface area contributed by atoms with Crippen molar-refractivity contribution in [3.8, 4) is 0 Å². The molecule has 1 heterocycles. The van der Waals surface area contributed by atoms with E-state index in [9.17, 15) is 18.0 Å². The second-order valence-corrected chi connectivity index (χ2v) is 10.5. The summed E-state index contributed by atoms with van der Waals surface area (Å²) in [5.41, 5.74) is 3.05. The molecule has 3 aromatic rings. The number of nitrogens with zero attached hydrogens (tertiary/aromatic N) is 1. The lowest BCUT2D eigenvalue weighted by Crippen LogP contribution is -2.41. The predicted octanol–water partition coefficient (Wildman–Crippen LogP) is 4.75. The molecule has 1 atom stereocenters. The highest BCUT2D eigenvalue weighted by Gasteiger charge is 2.37. The fourth-order valence-electron chi connectivity index (χ4n) is 4.08. The van der Waals surface area contributed by atoms with E-state index in [0.717, 1.165) is 16.7 Å². The second kappa shape index (κ2) is 10.1. The second-order valence-electron chi connectivity index (χ2n) is 8.19. The Balaban J connectivity index is 1.55. The quantitative estimate of drug-likeness (QED) is 0.347. The van der Waals surface area contributed by atoms with Gasteiger partial charge < -0.3 is 4.74 Å². The molecule has 3 aromatic carbocycles. The Labute approximate surface area is 204 Å². The van der Waals surface area contributed by atoms with E-state index in [1.165, 1.54) is 10.4 Å². The largest absolute Gasteiger partial charge is 0.457 e. The molecule has 1 aliphatic rings. The molecule has 4 rings (SSSR count). The summed E-state index contributed by atoms with van der Waals surface area (Å²) in [5.74, 6) is -1.04. The Kier molecular flexibility index (Phi) is 7.16. The van der Waals surface area contributed by atoms with Crippen LogP contribution in [0.25, 0.3) is 0 Å². The van der Waals surface area contributed by atoms with Gasteiger partial charge in [-0.15, -0.1) is 0 Å². The summed E-state index contributed by atoms with van der Waals surface area (Å²) in [7, 11) is -3.85. The van der Waals surface area contributed by atoms with Gasteiger partial charge in [0.25, 0.3) is 0 Å². The van der Waals surface area contributed by atoms with E-state index in [1.807, 2.05) is 31.2 Å². The van der Waals surface area contributed by atoms with Gasteiger partial charge in [-0.3, -0.25) is 9.59 Å². The van der Waals surface area contributed by atoms with Gasteiger partial charge in [0.1, 0.15) is 0 Å². The molecule has 0 saturated carbocycles. The normalized spacial score (nSPS) is 16.0. The van der Waals surface area contributed by atoms with Crippen LogP contribution in [0.4, 0.5) is 0 Å². The maximum atomic E-state index is 13.5. The van der Waals surface area contributed by atoms with E-state index in [-0.39, 0.29) is 23.6 Å². The van der Waals surface area contributed by atoms with Gasteiger partial charge in [0, 0.05) is 17.1 Å². The summed E-state index contributed by atoms with van der Waals surface area (Å²) in [4.78, 5) is 25.3. The minimum atomic E-state index is -3.85. The number of fused-ring (bicyclic) bond motifs is 1. The first-order valence-electron chi connectivity index (χ1n) is 10.9. The third kappa shape index (κ3) is 5.22. The number of carbonyl (C=O) groups excluding carboxylic acids is 2. The zero-order valence-corrected chi connectivity index (χ0v) is 20.2. The fourth-order valence-corrected chi connectivity index (χ4v) is 5.88. The van der Waals surface area contributed by atoms with Crippen molar-refractivity contribution in [2.24, 2.45) is 0 Å². The summed E-state index contributed by atoms with van der Waals surface area (Å²) in [6.07, 6.45) is 0.338. The number of halogens is 1. The van der Waals surface area contributed by atoms with Crippen molar-refractivity contribution in [2.45, 2.75) is 30.7 Å². The number of rotatable bonds is 7. The minimum absolute atomic E-state index is 0.173. The molecule has 0 saturated heterocycles. The lowest BCUT2D eigenvalue weighted by atomic mass is 9.92. The van der Waals surface area contributed by atoms with Gasteiger partial charge in [0.15, 0.2) is 12.4 Å². The van der Waals surface area contributed by atoms with Crippen LogP contribution in [0, 0.1) is 6.92 Å². The Morgan fingerprint density at radius 3 is 2.50 bits per heavy atom. The topological polar surface area (TPSA) is 80.8 Å². The first kappa shape index (κ1) is 24.1. The third-order valence-electron chi connectivity index (χ3n) is 5.86. The van der Waals surface area contributed by atoms with Gasteiger partial charge in [-0.1, -0.05) is 65.7 Å². The van der Waals surface area contributed by atoms with Crippen LogP contribution in [0.3, 0.4) is 0 Å². The monoisotopic (exact) mass is 497 g/mol. The molecule has 34 heavy (non-hydrogen) atoms. The van der Waals surface area contributed by atoms with E-state index >= 15 is 0 Å². The first-order chi connectivity index (χ1) is 16.3. The molecule has 0 fully saturated rings. The van der Waals surface area contributed by atoms with Crippen LogP contribution in [0.5, 0.6) is 0 Å². The molecule has 0 aromatic heterocycles. The maximum absolute atomic E-state index is 13.5. The third-order valence-corrected chi connectivity index (χ3v) is 8.02. The Morgan fingerprint density at radius 1 is 1.03 bits per heavy atom. The van der Waals surface area contributed by atoms with Crippen molar-refractivity contribution in [3.05, 3.63) is 100 Å². The van der Waals surface area contributed by atoms with Gasteiger partial charge >= 0.3 is 5.97 Å². The Bertz CT molecular complexity index is 1320. The van der Waals surface area contributed by atoms with Gasteiger partial charge in [-0.2, -0.15) is 4.31 Å². The molecule has 8 heteroatoms. The van der Waals surface area contributed by atoms with E-state index in [0.29, 0.717) is 17.0 Å². The Hall–Kier alpha value is -3.00. The SMILES string of the molecule is Cc1ccc(S(=O)(=O)N2CCc3ccccc3C2CC(=O)OCC(=O)c2cccc(Cl)c2)cc1. The van der Waals surface area contributed by atoms with Crippen LogP contribution in [0.1, 0.15) is 39.5 Å². The molecule has 0 radical (unpaired) electrons. The molecule has 176 valence electrons. The molecular formula is C26H24ClNO5S. The summed E-state index contributed by atoms with van der Waals surface area (Å²) < 4.78 is 33.6. The van der Waals surface area contributed by atoms with Crippen molar-refractivity contribution >= 4 is 33.4 Å². The van der Waals surface area contributed by atoms with E-state index in [2.05, 4.69) is 0 Å². The van der Waals surface area contributed by atoms with Gasteiger partial charge in [-0.25, -0.2) is 8.42 Å². The van der Waals surface area contributed by atoms with Crippen molar-refractivity contribution in [3.63, 3.8) is 0 Å². The molecule has 1 aliphatic heterocycles. The predicted molar refractivity (Wildman–Crippen MR) is 129 cm³/mol. The number of aryl methyl sites for hydroxylation is 1. The molecule has 0 bridgehead atoms. The first-order valence-corrected chi connectivity index (χ1v) is 12.7. The van der Waals surface area contributed by atoms with E-state index < -0.39 is 28.6 Å². The summed E-state index contributed by atoms with van der Waals surface area (Å²) in [5, 5.41) is 0.410. The summed E-state index contributed by atoms with van der Waals surface area (Å²) >= 11 is 5.92. The van der Waals surface area contributed by atoms with Gasteiger partial charge in [0.05, 0.1) is 17.4 Å².